The van der Waals surface area contributed by atoms with Gasteiger partial charge in [0.15, 0.2) is 0 Å². The summed E-state index contributed by atoms with van der Waals surface area (Å²) in [5.74, 6) is -0.657. The van der Waals surface area contributed by atoms with Gasteiger partial charge in [0.2, 0.25) is 21.8 Å². The maximum atomic E-state index is 13.6. The average Bonchev–Trinajstić information content (AvgIpc) is 2.84. The van der Waals surface area contributed by atoms with Crippen molar-refractivity contribution in [2.24, 2.45) is 0 Å². The van der Waals surface area contributed by atoms with Crippen molar-refractivity contribution in [3.63, 3.8) is 0 Å². The first-order chi connectivity index (χ1) is 17.1. The van der Waals surface area contributed by atoms with Crippen LogP contribution in [-0.4, -0.2) is 56.6 Å². The second-order valence-corrected chi connectivity index (χ2v) is 11.9. The van der Waals surface area contributed by atoms with Crippen LogP contribution in [0.1, 0.15) is 50.2 Å². The van der Waals surface area contributed by atoms with Crippen LogP contribution in [0.15, 0.2) is 48.5 Å². The fraction of sp³-hybridized carbons (Fsp3) is 0.481. The fourth-order valence-corrected chi connectivity index (χ4v) is 5.65. The normalized spacial score (nSPS) is 15.2. The molecule has 1 aliphatic rings. The van der Waals surface area contributed by atoms with E-state index in [2.05, 4.69) is 5.32 Å². The highest BCUT2D eigenvalue weighted by molar-refractivity contribution is 7.92. The Morgan fingerprint density at radius 3 is 2.39 bits per heavy atom. The van der Waals surface area contributed by atoms with Crippen molar-refractivity contribution in [2.45, 2.75) is 64.5 Å². The maximum Gasteiger partial charge on any atom is 0.244 e. The number of sulfonamides is 1. The summed E-state index contributed by atoms with van der Waals surface area (Å²) < 4.78 is 26.5. The van der Waals surface area contributed by atoms with E-state index in [-0.39, 0.29) is 18.5 Å². The van der Waals surface area contributed by atoms with Gasteiger partial charge in [0.25, 0.3) is 0 Å². The third-order valence-corrected chi connectivity index (χ3v) is 8.08. The number of halogens is 1. The topological polar surface area (TPSA) is 86.8 Å². The van der Waals surface area contributed by atoms with Crippen molar-refractivity contribution in [1.82, 2.24) is 10.2 Å². The van der Waals surface area contributed by atoms with Crippen molar-refractivity contribution in [3.05, 3.63) is 64.7 Å². The van der Waals surface area contributed by atoms with E-state index in [1.54, 1.807) is 32.0 Å². The van der Waals surface area contributed by atoms with Gasteiger partial charge in [0, 0.05) is 17.6 Å². The van der Waals surface area contributed by atoms with E-state index in [1.165, 1.54) is 11.3 Å². The molecule has 0 spiro atoms. The standard InChI is InChI=1S/C27H36ClN3O4S/c1-20-14-15-23(28)18-25(20)31(36(3,34)35)19-26(32)30(17-16-22-10-6-4-7-11-22)21(2)27(33)29-24-12-8-5-9-13-24/h4,6-7,10-11,14-15,18,21,24H,5,8-9,12-13,16-17,19H2,1-3H3,(H,29,33). The van der Waals surface area contributed by atoms with Crippen molar-refractivity contribution >= 4 is 39.1 Å². The molecule has 36 heavy (non-hydrogen) atoms. The molecule has 196 valence electrons. The number of rotatable bonds is 10. The number of nitrogens with zero attached hydrogens (tertiary/aromatic N) is 2. The van der Waals surface area contributed by atoms with Gasteiger partial charge in [-0.3, -0.25) is 13.9 Å². The van der Waals surface area contributed by atoms with Crippen LogP contribution in [0.4, 0.5) is 5.69 Å². The Morgan fingerprint density at radius 2 is 1.75 bits per heavy atom. The van der Waals surface area contributed by atoms with E-state index in [4.69, 9.17) is 11.6 Å². The Labute approximate surface area is 219 Å². The van der Waals surface area contributed by atoms with Gasteiger partial charge in [-0.05, 0) is 56.4 Å². The van der Waals surface area contributed by atoms with Crippen LogP contribution >= 0.6 is 11.6 Å². The molecule has 0 aliphatic heterocycles. The molecule has 0 heterocycles. The molecule has 7 nitrogen and oxygen atoms in total. The number of nitrogens with one attached hydrogen (secondary N) is 1. The van der Waals surface area contributed by atoms with E-state index >= 15 is 0 Å². The molecular formula is C27H36ClN3O4S. The number of hydrogen-bond acceptors (Lipinski definition) is 4. The SMILES string of the molecule is Cc1ccc(Cl)cc1N(CC(=O)N(CCc1ccccc1)C(C)C(=O)NC1CCCCC1)S(C)(=O)=O. The lowest BCUT2D eigenvalue weighted by molar-refractivity contribution is -0.139. The lowest BCUT2D eigenvalue weighted by Gasteiger charge is -2.33. The second-order valence-electron chi connectivity index (χ2n) is 9.54. The quantitative estimate of drug-likeness (QED) is 0.492. The van der Waals surface area contributed by atoms with Crippen molar-refractivity contribution < 1.29 is 18.0 Å². The monoisotopic (exact) mass is 533 g/mol. The number of aryl methyl sites for hydroxylation is 1. The number of carbonyl (C=O) groups excluding carboxylic acids is 2. The molecule has 2 aromatic rings. The lowest BCUT2D eigenvalue weighted by Crippen LogP contribution is -2.53. The first-order valence-electron chi connectivity index (χ1n) is 12.4. The minimum absolute atomic E-state index is 0.112. The third-order valence-electron chi connectivity index (χ3n) is 6.72. The highest BCUT2D eigenvalue weighted by Crippen LogP contribution is 2.26. The van der Waals surface area contributed by atoms with E-state index < -0.39 is 28.5 Å². The molecule has 1 fully saturated rings. The van der Waals surface area contributed by atoms with Crippen LogP contribution in [0.2, 0.25) is 5.02 Å². The first-order valence-corrected chi connectivity index (χ1v) is 14.7. The average molecular weight is 534 g/mol. The van der Waals surface area contributed by atoms with Crippen LogP contribution in [0.25, 0.3) is 0 Å². The Hall–Kier alpha value is -2.58. The molecule has 1 N–H and O–H groups in total. The Morgan fingerprint density at radius 1 is 1.08 bits per heavy atom. The van der Waals surface area contributed by atoms with Gasteiger partial charge >= 0.3 is 0 Å². The summed E-state index contributed by atoms with van der Waals surface area (Å²) in [7, 11) is -3.79. The predicted octanol–water partition coefficient (Wildman–Crippen LogP) is 4.32. The zero-order chi connectivity index (χ0) is 26.3. The van der Waals surface area contributed by atoms with Crippen LogP contribution in [-0.2, 0) is 26.0 Å². The number of carbonyl (C=O) groups is 2. The van der Waals surface area contributed by atoms with Gasteiger partial charge in [0.1, 0.15) is 12.6 Å². The molecule has 1 unspecified atom stereocenters. The highest BCUT2D eigenvalue weighted by atomic mass is 35.5. The minimum atomic E-state index is -3.79. The molecule has 0 bridgehead atoms. The van der Waals surface area contributed by atoms with Gasteiger partial charge < -0.3 is 10.2 Å². The Kier molecular flexibility index (Phi) is 9.79. The van der Waals surface area contributed by atoms with Crippen LogP contribution in [0.5, 0.6) is 0 Å². The van der Waals surface area contributed by atoms with E-state index in [9.17, 15) is 18.0 Å². The molecule has 3 rings (SSSR count). The summed E-state index contributed by atoms with van der Waals surface area (Å²) >= 11 is 6.14. The first kappa shape index (κ1) is 28.0. The predicted molar refractivity (Wildman–Crippen MR) is 145 cm³/mol. The summed E-state index contributed by atoms with van der Waals surface area (Å²) in [5, 5.41) is 3.47. The van der Waals surface area contributed by atoms with Gasteiger partial charge in [0.05, 0.1) is 11.9 Å². The molecule has 9 heteroatoms. The smallest absolute Gasteiger partial charge is 0.244 e. The summed E-state index contributed by atoms with van der Waals surface area (Å²) in [5.41, 5.74) is 2.05. The summed E-state index contributed by atoms with van der Waals surface area (Å²) in [6.45, 7) is 3.34. The van der Waals surface area contributed by atoms with E-state index in [0.717, 1.165) is 41.8 Å². The Balaban J connectivity index is 1.84. The van der Waals surface area contributed by atoms with Crippen molar-refractivity contribution in [1.29, 1.82) is 0 Å². The second kappa shape index (κ2) is 12.6. The van der Waals surface area contributed by atoms with Gasteiger partial charge in [-0.1, -0.05) is 67.3 Å². The third kappa shape index (κ3) is 7.71. The minimum Gasteiger partial charge on any atom is -0.352 e. The van der Waals surface area contributed by atoms with Crippen LogP contribution in [0, 0.1) is 6.92 Å². The molecule has 2 aromatic carbocycles. The van der Waals surface area contributed by atoms with Crippen LogP contribution in [0.3, 0.4) is 0 Å². The van der Waals surface area contributed by atoms with E-state index in [1.807, 2.05) is 30.3 Å². The maximum absolute atomic E-state index is 13.6. The van der Waals surface area contributed by atoms with Crippen molar-refractivity contribution in [3.8, 4) is 0 Å². The van der Waals surface area contributed by atoms with Crippen molar-refractivity contribution in [2.75, 3.05) is 23.7 Å². The van der Waals surface area contributed by atoms with Gasteiger partial charge in [-0.15, -0.1) is 0 Å². The number of hydrogen-bond donors (Lipinski definition) is 1. The summed E-state index contributed by atoms with van der Waals surface area (Å²) in [6, 6.07) is 14.0. The summed E-state index contributed by atoms with van der Waals surface area (Å²) in [4.78, 5) is 28.3. The molecule has 2 amide bonds. The summed E-state index contributed by atoms with van der Waals surface area (Å²) in [6.07, 6.45) is 6.82. The number of anilines is 1. The van der Waals surface area contributed by atoms with Crippen LogP contribution < -0.4 is 9.62 Å². The molecule has 0 radical (unpaired) electrons. The fourth-order valence-electron chi connectivity index (χ4n) is 4.58. The molecule has 0 aromatic heterocycles. The molecular weight excluding hydrogens is 498 g/mol. The molecule has 0 saturated heterocycles. The molecule has 1 atom stereocenters. The number of amides is 2. The Bertz CT molecular complexity index is 1150. The molecule has 1 saturated carbocycles. The lowest BCUT2D eigenvalue weighted by atomic mass is 9.95. The largest absolute Gasteiger partial charge is 0.352 e. The van der Waals surface area contributed by atoms with Gasteiger partial charge in [-0.2, -0.15) is 0 Å². The van der Waals surface area contributed by atoms with E-state index in [0.29, 0.717) is 22.7 Å². The van der Waals surface area contributed by atoms with Gasteiger partial charge in [-0.25, -0.2) is 8.42 Å². The zero-order valence-electron chi connectivity index (χ0n) is 21.2. The highest BCUT2D eigenvalue weighted by Gasteiger charge is 2.31. The zero-order valence-corrected chi connectivity index (χ0v) is 22.8. The molecule has 1 aliphatic carbocycles. The number of benzene rings is 2.